The predicted octanol–water partition coefficient (Wildman–Crippen LogP) is 5.26. The first-order chi connectivity index (χ1) is 7.26. The zero-order valence-electron chi connectivity index (χ0n) is 9.14. The number of hydrogen-bond donors (Lipinski definition) is 0. The van der Waals surface area contributed by atoms with Crippen molar-refractivity contribution in [2.45, 2.75) is 32.6 Å². The summed E-state index contributed by atoms with van der Waals surface area (Å²) < 4.78 is 0. The van der Waals surface area contributed by atoms with Crippen molar-refractivity contribution < 1.29 is 0 Å². The second kappa shape index (κ2) is 7.08. The van der Waals surface area contributed by atoms with E-state index in [9.17, 15) is 0 Å². The summed E-state index contributed by atoms with van der Waals surface area (Å²) in [5, 5.41) is 4.37. The first-order valence-electron chi connectivity index (χ1n) is 5.40. The molecule has 0 bridgehead atoms. The average molecular weight is 354 g/mol. The van der Waals surface area contributed by atoms with Crippen LogP contribution >= 0.6 is 43.2 Å². The van der Waals surface area contributed by atoms with Crippen LogP contribution in [0.3, 0.4) is 0 Å². The molecule has 1 rings (SSSR count). The van der Waals surface area contributed by atoms with Crippen LogP contribution in [0.2, 0.25) is 0 Å². The van der Waals surface area contributed by atoms with Crippen LogP contribution < -0.4 is 0 Å². The van der Waals surface area contributed by atoms with Gasteiger partial charge in [-0.15, -0.1) is 11.3 Å². The van der Waals surface area contributed by atoms with Gasteiger partial charge in [-0.1, -0.05) is 51.3 Å². The summed E-state index contributed by atoms with van der Waals surface area (Å²) in [6.07, 6.45) is 5.06. The van der Waals surface area contributed by atoms with Gasteiger partial charge in [0.2, 0.25) is 0 Å². The first-order valence-corrected chi connectivity index (χ1v) is 8.53. The Morgan fingerprint density at radius 3 is 2.47 bits per heavy atom. The van der Waals surface area contributed by atoms with Crippen LogP contribution in [0.15, 0.2) is 17.5 Å². The van der Waals surface area contributed by atoms with Crippen molar-refractivity contribution in [1.29, 1.82) is 0 Å². The van der Waals surface area contributed by atoms with E-state index in [1.54, 1.807) is 0 Å². The highest BCUT2D eigenvalue weighted by Crippen LogP contribution is 2.34. The zero-order valence-corrected chi connectivity index (χ0v) is 13.1. The van der Waals surface area contributed by atoms with Crippen molar-refractivity contribution in [2.24, 2.45) is 5.41 Å². The molecule has 0 aliphatic carbocycles. The molecule has 0 saturated carbocycles. The maximum absolute atomic E-state index is 3.67. The van der Waals surface area contributed by atoms with Gasteiger partial charge in [0, 0.05) is 15.5 Å². The molecule has 0 nitrogen and oxygen atoms in total. The second-order valence-electron chi connectivity index (χ2n) is 4.10. The van der Waals surface area contributed by atoms with E-state index in [4.69, 9.17) is 0 Å². The highest BCUT2D eigenvalue weighted by atomic mass is 79.9. The Kier molecular flexibility index (Phi) is 6.48. The molecule has 0 atom stereocenters. The van der Waals surface area contributed by atoms with Gasteiger partial charge >= 0.3 is 0 Å². The van der Waals surface area contributed by atoms with Crippen LogP contribution in [-0.4, -0.2) is 10.7 Å². The summed E-state index contributed by atoms with van der Waals surface area (Å²) in [5.41, 5.74) is 0.443. The fourth-order valence-electron chi connectivity index (χ4n) is 1.80. The lowest BCUT2D eigenvalue weighted by atomic mass is 9.83. The van der Waals surface area contributed by atoms with Gasteiger partial charge in [0.1, 0.15) is 0 Å². The van der Waals surface area contributed by atoms with Gasteiger partial charge < -0.3 is 0 Å². The molecule has 0 fully saturated rings. The molecule has 15 heavy (non-hydrogen) atoms. The molecular formula is C12H18Br2S. The van der Waals surface area contributed by atoms with E-state index in [1.165, 1.54) is 30.6 Å². The van der Waals surface area contributed by atoms with Crippen LogP contribution in [0.5, 0.6) is 0 Å². The third-order valence-corrected chi connectivity index (χ3v) is 6.14. The summed E-state index contributed by atoms with van der Waals surface area (Å²) in [5.74, 6) is 0. The Morgan fingerprint density at radius 2 is 2.00 bits per heavy atom. The summed E-state index contributed by atoms with van der Waals surface area (Å²) in [6.45, 7) is 2.27. The van der Waals surface area contributed by atoms with E-state index in [0.29, 0.717) is 5.41 Å². The number of hydrogen-bond acceptors (Lipinski definition) is 1. The normalized spacial score (nSPS) is 11.9. The molecule has 86 valence electrons. The highest BCUT2D eigenvalue weighted by molar-refractivity contribution is 9.09. The van der Waals surface area contributed by atoms with Crippen molar-refractivity contribution >= 4 is 43.2 Å². The van der Waals surface area contributed by atoms with Crippen LogP contribution in [0.25, 0.3) is 0 Å². The molecule has 0 radical (unpaired) electrons. The van der Waals surface area contributed by atoms with Crippen molar-refractivity contribution in [2.75, 3.05) is 10.7 Å². The van der Waals surface area contributed by atoms with Gasteiger partial charge in [0.25, 0.3) is 0 Å². The minimum absolute atomic E-state index is 0.443. The molecule has 0 N–H and O–H groups in total. The Balaban J connectivity index is 2.50. The van der Waals surface area contributed by atoms with Gasteiger partial charge in [-0.05, 0) is 36.1 Å². The zero-order chi connectivity index (χ0) is 11.1. The maximum atomic E-state index is 3.67. The third kappa shape index (κ3) is 4.20. The van der Waals surface area contributed by atoms with Crippen molar-refractivity contribution in [1.82, 2.24) is 0 Å². The maximum Gasteiger partial charge on any atom is 0.00960 e. The molecule has 1 aromatic rings. The summed E-state index contributed by atoms with van der Waals surface area (Å²) >= 11 is 9.22. The van der Waals surface area contributed by atoms with Gasteiger partial charge in [-0.3, -0.25) is 0 Å². The van der Waals surface area contributed by atoms with Gasteiger partial charge in [0.15, 0.2) is 0 Å². The molecule has 3 heteroatoms. The molecule has 0 aromatic carbocycles. The fourth-order valence-corrected chi connectivity index (χ4v) is 4.56. The quantitative estimate of drug-likeness (QED) is 0.586. The van der Waals surface area contributed by atoms with E-state index < -0.39 is 0 Å². The van der Waals surface area contributed by atoms with E-state index in [2.05, 4.69) is 56.3 Å². The summed E-state index contributed by atoms with van der Waals surface area (Å²) in [7, 11) is 0. The molecule has 0 unspecified atom stereocenters. The molecule has 0 saturated heterocycles. The van der Waals surface area contributed by atoms with E-state index >= 15 is 0 Å². The number of halogens is 2. The molecule has 1 heterocycles. The van der Waals surface area contributed by atoms with E-state index in [-0.39, 0.29) is 0 Å². The Hall–Kier alpha value is 0.660. The van der Waals surface area contributed by atoms with E-state index in [1.807, 2.05) is 11.3 Å². The molecule has 1 aromatic heterocycles. The lowest BCUT2D eigenvalue weighted by Gasteiger charge is -2.29. The topological polar surface area (TPSA) is 0 Å². The minimum atomic E-state index is 0.443. The van der Waals surface area contributed by atoms with Gasteiger partial charge in [-0.2, -0.15) is 0 Å². The molecule has 0 aliphatic heterocycles. The monoisotopic (exact) mass is 352 g/mol. The van der Waals surface area contributed by atoms with Crippen LogP contribution in [0.4, 0.5) is 0 Å². The lowest BCUT2D eigenvalue weighted by molar-refractivity contribution is 0.327. The third-order valence-electron chi connectivity index (χ3n) is 2.83. The summed E-state index contributed by atoms with van der Waals surface area (Å²) in [6, 6.07) is 4.38. The SMILES string of the molecule is CCCC(CBr)(CBr)CCc1cccs1. The van der Waals surface area contributed by atoms with Crippen molar-refractivity contribution in [3.05, 3.63) is 22.4 Å². The lowest BCUT2D eigenvalue weighted by Crippen LogP contribution is -2.25. The van der Waals surface area contributed by atoms with Crippen molar-refractivity contribution in [3.63, 3.8) is 0 Å². The fraction of sp³-hybridized carbons (Fsp3) is 0.667. The Bertz CT molecular complexity index is 253. The predicted molar refractivity (Wildman–Crippen MR) is 77.6 cm³/mol. The number of rotatable bonds is 7. The molecular weight excluding hydrogens is 336 g/mol. The van der Waals surface area contributed by atoms with Crippen LogP contribution in [0.1, 0.15) is 31.1 Å². The van der Waals surface area contributed by atoms with Crippen LogP contribution in [-0.2, 0) is 6.42 Å². The van der Waals surface area contributed by atoms with Gasteiger partial charge in [-0.25, -0.2) is 0 Å². The molecule has 0 amide bonds. The number of alkyl halides is 2. The average Bonchev–Trinajstić information content (AvgIpc) is 2.77. The largest absolute Gasteiger partial charge is 0.149 e. The Morgan fingerprint density at radius 1 is 1.27 bits per heavy atom. The standard InChI is InChI=1S/C12H18Br2S/c1-2-6-12(9-13,10-14)7-5-11-4-3-8-15-11/h3-4,8H,2,5-7,9-10H2,1H3. The van der Waals surface area contributed by atoms with E-state index in [0.717, 1.165) is 10.7 Å². The first kappa shape index (κ1) is 13.7. The molecule has 0 aliphatic rings. The summed E-state index contributed by atoms with van der Waals surface area (Å²) in [4.78, 5) is 1.51. The second-order valence-corrected chi connectivity index (χ2v) is 6.25. The Labute approximate surface area is 114 Å². The van der Waals surface area contributed by atoms with Gasteiger partial charge in [0.05, 0.1) is 0 Å². The number of thiophene rings is 1. The minimum Gasteiger partial charge on any atom is -0.149 e. The molecule has 0 spiro atoms. The smallest absolute Gasteiger partial charge is 0.00960 e. The number of aryl methyl sites for hydroxylation is 1. The van der Waals surface area contributed by atoms with Crippen molar-refractivity contribution in [3.8, 4) is 0 Å². The van der Waals surface area contributed by atoms with Crippen LogP contribution in [0, 0.1) is 5.41 Å². The highest BCUT2D eigenvalue weighted by Gasteiger charge is 2.26.